The normalized spacial score (nSPS) is 15.0. The van der Waals surface area contributed by atoms with Crippen molar-refractivity contribution in [3.8, 4) is 5.75 Å². The number of rotatable bonds is 7. The number of hydrogen-bond donors (Lipinski definition) is 1. The molecular weight excluding hydrogens is 468 g/mol. The number of carbonyl (C=O) groups excluding carboxylic acids is 2. The number of benzene rings is 3. The fourth-order valence-electron chi connectivity index (χ4n) is 3.78. The standard InChI is InChI=1S/C26H26N2O6S/c1-18-7-12-20(13-8-18)27-35(31,32)21-14-9-19(10-15-21)11-16-25(29)28-17-24(26(30)33-2)34-23-6-4-3-5-22(23)28/h3-10,12-15,24,27H,11,16-17H2,1-2H3. The lowest BCUT2D eigenvalue weighted by molar-refractivity contribution is -0.148. The molecule has 0 bridgehead atoms. The van der Waals surface area contributed by atoms with Crippen LogP contribution in [0.4, 0.5) is 11.4 Å². The predicted octanol–water partition coefficient (Wildman–Crippen LogP) is 3.70. The molecule has 0 fully saturated rings. The lowest BCUT2D eigenvalue weighted by atomic mass is 10.1. The van der Waals surface area contributed by atoms with Crippen molar-refractivity contribution in [1.29, 1.82) is 0 Å². The van der Waals surface area contributed by atoms with E-state index in [2.05, 4.69) is 4.72 Å². The second kappa shape index (κ2) is 10.2. The molecule has 0 spiro atoms. The molecule has 0 aromatic heterocycles. The fourth-order valence-corrected chi connectivity index (χ4v) is 4.84. The van der Waals surface area contributed by atoms with Gasteiger partial charge in [-0.1, -0.05) is 42.0 Å². The van der Waals surface area contributed by atoms with Crippen molar-refractivity contribution < 1.29 is 27.5 Å². The number of ether oxygens (including phenoxy) is 2. The van der Waals surface area contributed by atoms with E-state index in [9.17, 15) is 18.0 Å². The van der Waals surface area contributed by atoms with Crippen LogP contribution in [0.2, 0.25) is 0 Å². The average Bonchev–Trinajstić information content (AvgIpc) is 2.87. The quantitative estimate of drug-likeness (QED) is 0.503. The molecule has 1 heterocycles. The number of para-hydroxylation sites is 2. The number of anilines is 2. The van der Waals surface area contributed by atoms with Gasteiger partial charge in [0, 0.05) is 12.1 Å². The summed E-state index contributed by atoms with van der Waals surface area (Å²) in [5, 5.41) is 0. The van der Waals surface area contributed by atoms with Crippen LogP contribution < -0.4 is 14.4 Å². The summed E-state index contributed by atoms with van der Waals surface area (Å²) in [5.41, 5.74) is 2.94. The second-order valence-electron chi connectivity index (χ2n) is 8.22. The first kappa shape index (κ1) is 24.3. The van der Waals surface area contributed by atoms with Gasteiger partial charge in [0.1, 0.15) is 5.75 Å². The van der Waals surface area contributed by atoms with Crippen LogP contribution in [0.3, 0.4) is 0 Å². The van der Waals surface area contributed by atoms with E-state index in [1.54, 1.807) is 48.5 Å². The molecule has 1 amide bonds. The van der Waals surface area contributed by atoms with Gasteiger partial charge in [-0.3, -0.25) is 9.52 Å². The maximum absolute atomic E-state index is 13.1. The van der Waals surface area contributed by atoms with Crippen molar-refractivity contribution in [1.82, 2.24) is 0 Å². The zero-order valence-electron chi connectivity index (χ0n) is 19.4. The van der Waals surface area contributed by atoms with Gasteiger partial charge in [-0.2, -0.15) is 0 Å². The Morgan fingerprint density at radius 2 is 1.71 bits per heavy atom. The van der Waals surface area contributed by atoms with Crippen LogP contribution >= 0.6 is 0 Å². The van der Waals surface area contributed by atoms with Crippen LogP contribution in [-0.4, -0.2) is 40.1 Å². The largest absolute Gasteiger partial charge is 0.475 e. The second-order valence-corrected chi connectivity index (χ2v) is 9.90. The summed E-state index contributed by atoms with van der Waals surface area (Å²) in [5.74, 6) is -0.279. The Labute approximate surface area is 204 Å². The van der Waals surface area contributed by atoms with Crippen molar-refractivity contribution in [3.05, 3.63) is 83.9 Å². The summed E-state index contributed by atoms with van der Waals surface area (Å²) in [6.45, 7) is 1.99. The first-order chi connectivity index (χ1) is 16.8. The van der Waals surface area contributed by atoms with Crippen molar-refractivity contribution in [2.75, 3.05) is 23.3 Å². The van der Waals surface area contributed by atoms with Gasteiger partial charge in [-0.15, -0.1) is 0 Å². The summed E-state index contributed by atoms with van der Waals surface area (Å²) in [6.07, 6.45) is -0.313. The van der Waals surface area contributed by atoms with Gasteiger partial charge in [0.15, 0.2) is 0 Å². The van der Waals surface area contributed by atoms with Crippen LogP contribution in [0, 0.1) is 6.92 Å². The molecule has 182 valence electrons. The summed E-state index contributed by atoms with van der Waals surface area (Å²) >= 11 is 0. The van der Waals surface area contributed by atoms with Crippen LogP contribution in [0.15, 0.2) is 77.7 Å². The van der Waals surface area contributed by atoms with E-state index in [4.69, 9.17) is 9.47 Å². The fraction of sp³-hybridized carbons (Fsp3) is 0.231. The molecule has 8 nitrogen and oxygen atoms in total. The molecular formula is C26H26N2O6S. The van der Waals surface area contributed by atoms with E-state index in [1.807, 2.05) is 19.1 Å². The van der Waals surface area contributed by atoms with E-state index in [0.29, 0.717) is 23.5 Å². The van der Waals surface area contributed by atoms with Gasteiger partial charge in [-0.05, 0) is 55.3 Å². The Kier molecular flexibility index (Phi) is 7.07. The Bertz CT molecular complexity index is 1320. The number of aryl methyl sites for hydroxylation is 2. The summed E-state index contributed by atoms with van der Waals surface area (Å²) in [4.78, 5) is 26.8. The molecule has 4 rings (SSSR count). The van der Waals surface area contributed by atoms with Gasteiger partial charge in [0.2, 0.25) is 12.0 Å². The zero-order chi connectivity index (χ0) is 25.0. The Morgan fingerprint density at radius 3 is 2.40 bits per heavy atom. The maximum atomic E-state index is 13.1. The van der Waals surface area contributed by atoms with Gasteiger partial charge in [0.05, 0.1) is 24.2 Å². The molecule has 1 N–H and O–H groups in total. The Hall–Kier alpha value is -3.85. The van der Waals surface area contributed by atoms with Crippen molar-refractivity contribution in [2.45, 2.75) is 30.8 Å². The number of esters is 1. The number of nitrogens with zero attached hydrogens (tertiary/aromatic N) is 1. The minimum atomic E-state index is -3.72. The highest BCUT2D eigenvalue weighted by Gasteiger charge is 2.34. The van der Waals surface area contributed by atoms with Gasteiger partial charge >= 0.3 is 5.97 Å². The first-order valence-corrected chi connectivity index (χ1v) is 12.6. The highest BCUT2D eigenvalue weighted by Crippen LogP contribution is 2.34. The highest BCUT2D eigenvalue weighted by molar-refractivity contribution is 7.92. The number of hydrogen-bond acceptors (Lipinski definition) is 6. The lowest BCUT2D eigenvalue weighted by Crippen LogP contribution is -2.47. The molecule has 1 aliphatic rings. The molecule has 0 saturated heterocycles. The minimum Gasteiger partial charge on any atom is -0.475 e. The number of carbonyl (C=O) groups is 2. The van der Waals surface area contributed by atoms with E-state index in [-0.39, 0.29) is 23.8 Å². The van der Waals surface area contributed by atoms with Crippen LogP contribution in [0.1, 0.15) is 17.5 Å². The van der Waals surface area contributed by atoms with E-state index in [0.717, 1.165) is 11.1 Å². The number of amides is 1. The topological polar surface area (TPSA) is 102 Å². The Balaban J connectivity index is 1.42. The zero-order valence-corrected chi connectivity index (χ0v) is 20.2. The van der Waals surface area contributed by atoms with Crippen LogP contribution in [0.25, 0.3) is 0 Å². The third kappa shape index (κ3) is 5.63. The monoisotopic (exact) mass is 494 g/mol. The molecule has 0 radical (unpaired) electrons. The number of methoxy groups -OCH3 is 1. The van der Waals surface area contributed by atoms with Crippen molar-refractivity contribution >= 4 is 33.3 Å². The van der Waals surface area contributed by atoms with Gasteiger partial charge in [0.25, 0.3) is 10.0 Å². The van der Waals surface area contributed by atoms with Gasteiger partial charge < -0.3 is 14.4 Å². The number of nitrogens with one attached hydrogen (secondary N) is 1. The molecule has 0 saturated carbocycles. The van der Waals surface area contributed by atoms with E-state index in [1.165, 1.54) is 24.1 Å². The van der Waals surface area contributed by atoms with Crippen LogP contribution in [0.5, 0.6) is 5.75 Å². The third-order valence-corrected chi connectivity index (χ3v) is 7.10. The first-order valence-electron chi connectivity index (χ1n) is 11.1. The van der Waals surface area contributed by atoms with E-state index < -0.39 is 22.1 Å². The maximum Gasteiger partial charge on any atom is 0.348 e. The average molecular weight is 495 g/mol. The summed E-state index contributed by atoms with van der Waals surface area (Å²) in [7, 11) is -2.45. The molecule has 1 atom stereocenters. The smallest absolute Gasteiger partial charge is 0.348 e. The molecule has 35 heavy (non-hydrogen) atoms. The predicted molar refractivity (Wildman–Crippen MR) is 132 cm³/mol. The summed E-state index contributed by atoms with van der Waals surface area (Å²) in [6, 6.07) is 20.6. The highest BCUT2D eigenvalue weighted by atomic mass is 32.2. The SMILES string of the molecule is COC(=O)C1CN(C(=O)CCc2ccc(S(=O)(=O)Nc3ccc(C)cc3)cc2)c2ccccc2O1. The van der Waals surface area contributed by atoms with Crippen molar-refractivity contribution in [3.63, 3.8) is 0 Å². The lowest BCUT2D eigenvalue weighted by Gasteiger charge is -2.33. The molecule has 1 aliphatic heterocycles. The van der Waals surface area contributed by atoms with Crippen molar-refractivity contribution in [2.24, 2.45) is 0 Å². The minimum absolute atomic E-state index is 0.0599. The third-order valence-electron chi connectivity index (χ3n) is 5.70. The summed E-state index contributed by atoms with van der Waals surface area (Å²) < 4.78 is 38.4. The molecule has 9 heteroatoms. The number of sulfonamides is 1. The van der Waals surface area contributed by atoms with Gasteiger partial charge in [-0.25, -0.2) is 13.2 Å². The Morgan fingerprint density at radius 1 is 1.03 bits per heavy atom. The van der Waals surface area contributed by atoms with Crippen LogP contribution in [-0.2, 0) is 30.8 Å². The van der Waals surface area contributed by atoms with E-state index >= 15 is 0 Å². The molecule has 1 unspecified atom stereocenters. The molecule has 0 aliphatic carbocycles. The number of fused-ring (bicyclic) bond motifs is 1. The molecule has 3 aromatic rings. The molecule has 3 aromatic carbocycles.